The Morgan fingerprint density at radius 3 is 1.57 bits per heavy atom. The first-order valence-electron chi connectivity index (χ1n) is 1.30. The number of hydrogen-bond donors (Lipinski definition) is 0. The van der Waals surface area contributed by atoms with Crippen LogP contribution in [0.1, 0.15) is 0 Å². The molecule has 0 aliphatic heterocycles. The van der Waals surface area contributed by atoms with Crippen molar-refractivity contribution in [1.29, 1.82) is 0 Å². The molecule has 0 fully saturated rings. The van der Waals surface area contributed by atoms with E-state index in [2.05, 4.69) is 0 Å². The average Bonchev–Trinajstić information content (AvgIpc) is 1.65. The fourth-order valence-electron chi connectivity index (χ4n) is 0.0186. The van der Waals surface area contributed by atoms with Crippen molar-refractivity contribution in [2.75, 3.05) is 7.05 Å². The second-order valence-corrected chi connectivity index (χ2v) is 0.742. The third-order valence-electron chi connectivity index (χ3n) is 0.274. The summed E-state index contributed by atoms with van der Waals surface area (Å²) in [4.78, 5) is 19.2. The molecule has 4 heteroatoms. The number of carbonyl (C=O) groups excluding carboxylic acids is 2. The van der Waals surface area contributed by atoms with E-state index >= 15 is 0 Å². The van der Waals surface area contributed by atoms with Gasteiger partial charge in [-0.25, -0.2) is 0 Å². The molecule has 0 bridgehead atoms. The number of nitrogens with zero attached hydrogens (tertiary/aromatic N) is 1. The molecule has 0 aromatic carbocycles. The summed E-state index contributed by atoms with van der Waals surface area (Å²) in [6.07, 6.45) is 2.55. The van der Waals surface area contributed by atoms with Gasteiger partial charge in [0.05, 0.1) is 0 Å². The molecule has 0 aliphatic carbocycles. The summed E-state index contributed by atoms with van der Waals surface area (Å²) in [6.45, 7) is 0. The fraction of sp³-hybridized carbons (Fsp3) is 0.333. The van der Waals surface area contributed by atoms with E-state index in [9.17, 15) is 9.59 Å². The Labute approximate surface area is 66.9 Å². The Kier molecular flexibility index (Phi) is 9.16. The van der Waals surface area contributed by atoms with Crippen molar-refractivity contribution < 1.29 is 42.3 Å². The van der Waals surface area contributed by atoms with Crippen LogP contribution in [0, 0.1) is 0 Å². The van der Waals surface area contributed by atoms with Crippen LogP contribution >= 0.6 is 0 Å². The fourth-order valence-corrected chi connectivity index (χ4v) is 0.0186. The van der Waals surface area contributed by atoms with Crippen molar-refractivity contribution in [1.82, 2.24) is 4.90 Å². The third-order valence-corrected chi connectivity index (χ3v) is 0.274. The van der Waals surface area contributed by atoms with Gasteiger partial charge in [0, 0.05) is 32.7 Å². The second-order valence-electron chi connectivity index (χ2n) is 0.742. The van der Waals surface area contributed by atoms with Crippen LogP contribution in [0.15, 0.2) is 0 Å². The van der Waals surface area contributed by atoms with Gasteiger partial charge < -0.3 is 14.5 Å². The van der Waals surface area contributed by atoms with Crippen molar-refractivity contribution in [2.24, 2.45) is 0 Å². The van der Waals surface area contributed by atoms with Crippen LogP contribution in [-0.4, -0.2) is 24.8 Å². The number of rotatable bonds is 2. The molecule has 1 radical (unpaired) electrons. The summed E-state index contributed by atoms with van der Waals surface area (Å²) >= 11 is 0. The maximum Gasteiger partial charge on any atom is 0 e. The molecule has 37 valence electrons. The smallest absolute Gasteiger partial charge is 0 e. The van der Waals surface area contributed by atoms with E-state index in [0.717, 1.165) is 0 Å². The number of hydrogen-bond acceptors (Lipinski definition) is 2. The molecule has 0 N–H and O–H groups in total. The van der Waals surface area contributed by atoms with Gasteiger partial charge in [0.15, 0.2) is 0 Å². The topological polar surface area (TPSA) is 37.4 Å². The minimum absolute atomic E-state index is 0. The molecule has 0 heterocycles. The molecule has 0 aromatic heterocycles. The minimum Gasteiger partial charge on any atom is -0.639 e. The van der Waals surface area contributed by atoms with Crippen LogP contribution in [0.2, 0.25) is 0 Å². The quantitative estimate of drug-likeness (QED) is 0.399. The molecule has 0 aliphatic rings. The predicted octanol–water partition coefficient (Wildman–Crippen LogP) is -0.950. The maximum atomic E-state index is 9.27. The van der Waals surface area contributed by atoms with E-state index in [0.29, 0.717) is 4.90 Å². The van der Waals surface area contributed by atoms with Gasteiger partial charge in [-0.2, -0.15) is 12.8 Å². The predicted molar refractivity (Wildman–Crippen MR) is 19.1 cm³/mol. The van der Waals surface area contributed by atoms with Crippen molar-refractivity contribution in [3.05, 3.63) is 0 Å². The van der Waals surface area contributed by atoms with Gasteiger partial charge in [-0.3, -0.25) is 0 Å². The molecule has 0 spiro atoms. The molecule has 0 atom stereocenters. The van der Waals surface area contributed by atoms with Gasteiger partial charge in [0.1, 0.15) is 0 Å². The number of imide groups is 1. The molecule has 0 unspecified atom stereocenters. The summed E-state index contributed by atoms with van der Waals surface area (Å²) in [5, 5.41) is 0. The van der Waals surface area contributed by atoms with Crippen LogP contribution < -0.4 is 0 Å². The van der Waals surface area contributed by atoms with Crippen molar-refractivity contribution >= 4 is 12.8 Å². The number of amides is 2. The summed E-state index contributed by atoms with van der Waals surface area (Å²) in [7, 11) is 1.26. The van der Waals surface area contributed by atoms with Gasteiger partial charge in [-0.1, -0.05) is 0 Å². The van der Waals surface area contributed by atoms with Gasteiger partial charge in [0.2, 0.25) is 0 Å². The van der Waals surface area contributed by atoms with E-state index in [4.69, 9.17) is 0 Å². The van der Waals surface area contributed by atoms with Crippen LogP contribution in [0.4, 0.5) is 0 Å². The van der Waals surface area contributed by atoms with Crippen LogP contribution in [0.3, 0.4) is 0 Å². The largest absolute Gasteiger partial charge is 0.639 e. The van der Waals surface area contributed by atoms with Crippen molar-refractivity contribution in [3.8, 4) is 0 Å². The molecule has 0 rings (SSSR count). The molecule has 0 saturated heterocycles. The van der Waals surface area contributed by atoms with E-state index in [1.54, 1.807) is 0 Å². The third kappa shape index (κ3) is 6.24. The second kappa shape index (κ2) is 6.24. The first-order valence-corrected chi connectivity index (χ1v) is 1.30. The molecular weight excluding hydrogens is 171 g/mol. The van der Waals surface area contributed by atoms with Crippen LogP contribution in [0.5, 0.6) is 0 Å². The molecule has 2 amide bonds. The Balaban J connectivity index is 0. The maximum absolute atomic E-state index is 9.27. The van der Waals surface area contributed by atoms with Crippen molar-refractivity contribution in [2.45, 2.75) is 0 Å². The standard InChI is InChI=1S/C3H3NO2.Y/c1-4(2-5)3-6;/h1H3;/q-2;. The molecule has 7 heavy (non-hydrogen) atoms. The summed E-state index contributed by atoms with van der Waals surface area (Å²) in [5.41, 5.74) is 0. The molecule has 0 saturated carbocycles. The minimum atomic E-state index is 0. The summed E-state index contributed by atoms with van der Waals surface area (Å²) < 4.78 is 0. The van der Waals surface area contributed by atoms with E-state index in [1.807, 2.05) is 0 Å². The zero-order chi connectivity index (χ0) is 4.99. The van der Waals surface area contributed by atoms with Gasteiger partial charge in [0.25, 0.3) is 0 Å². The summed E-state index contributed by atoms with van der Waals surface area (Å²) in [5.74, 6) is 0. The normalized spacial score (nSPS) is 5.86. The van der Waals surface area contributed by atoms with E-state index in [1.165, 1.54) is 19.9 Å². The monoisotopic (exact) mass is 174 g/mol. The zero-order valence-electron chi connectivity index (χ0n) is 3.84. The van der Waals surface area contributed by atoms with Gasteiger partial charge >= 0.3 is 0 Å². The first-order chi connectivity index (χ1) is 2.81. The van der Waals surface area contributed by atoms with Gasteiger partial charge in [-0.05, 0) is 7.05 Å². The molecule has 0 aromatic rings. The Morgan fingerprint density at radius 2 is 1.57 bits per heavy atom. The van der Waals surface area contributed by atoms with E-state index < -0.39 is 0 Å². The molecular formula is C3H3NO2Y-2. The SMILES string of the molecule is CN([C-]=O)[C-]=O.[Y]. The van der Waals surface area contributed by atoms with Crippen molar-refractivity contribution in [3.63, 3.8) is 0 Å². The Bertz CT molecular complexity index is 58.0. The van der Waals surface area contributed by atoms with Crippen LogP contribution in [-0.2, 0) is 42.3 Å². The molecule has 3 nitrogen and oxygen atoms in total. The zero-order valence-corrected chi connectivity index (χ0v) is 6.68. The van der Waals surface area contributed by atoms with Crippen LogP contribution in [0.25, 0.3) is 0 Å². The van der Waals surface area contributed by atoms with Gasteiger partial charge in [-0.15, -0.1) is 0 Å². The average molecular weight is 174 g/mol. The van der Waals surface area contributed by atoms with E-state index in [-0.39, 0.29) is 32.7 Å². The first kappa shape index (κ1) is 10.3. The Morgan fingerprint density at radius 1 is 1.29 bits per heavy atom. The Hall–Kier alpha value is 0.244. The summed E-state index contributed by atoms with van der Waals surface area (Å²) in [6, 6.07) is 0.